The van der Waals surface area contributed by atoms with Gasteiger partial charge < -0.3 is 10.2 Å². The number of carbonyl (C=O) groups is 2. The Labute approximate surface area is 92.2 Å². The Morgan fingerprint density at radius 2 is 1.75 bits per heavy atom. The zero-order valence-electron chi connectivity index (χ0n) is 9.10. The third-order valence-corrected chi connectivity index (χ3v) is 2.28. The second kappa shape index (κ2) is 3.66. The lowest BCUT2D eigenvalue weighted by Crippen LogP contribution is -2.08. The maximum atomic E-state index is 11.1. The fourth-order valence-corrected chi connectivity index (χ4v) is 1.60. The average molecular weight is 217 g/mol. The second-order valence-corrected chi connectivity index (χ2v) is 3.24. The number of aromatic carboxylic acids is 2. The summed E-state index contributed by atoms with van der Waals surface area (Å²) >= 11 is 0. The van der Waals surface area contributed by atoms with Gasteiger partial charge in [-0.15, -0.1) is 0 Å². The lowest BCUT2D eigenvalue weighted by molar-refractivity contribution is 0.0653. The monoisotopic (exact) mass is 217 g/mol. The maximum absolute atomic E-state index is 11.1. The van der Waals surface area contributed by atoms with Crippen molar-refractivity contribution in [2.24, 2.45) is 0 Å². The van der Waals surface area contributed by atoms with Gasteiger partial charge in [-0.05, 0) is 16.8 Å². The van der Waals surface area contributed by atoms with E-state index in [2.05, 4.69) is 0 Å². The molecule has 0 aliphatic heterocycles. The van der Waals surface area contributed by atoms with Gasteiger partial charge in [0, 0.05) is 0 Å². The highest BCUT2D eigenvalue weighted by Crippen LogP contribution is 2.22. The van der Waals surface area contributed by atoms with Crippen LogP contribution < -0.4 is 0 Å². The molecule has 2 aromatic carbocycles. The highest BCUT2D eigenvalue weighted by molar-refractivity contribution is 6.11. The van der Waals surface area contributed by atoms with Crippen LogP contribution in [-0.4, -0.2) is 22.2 Å². The third-order valence-electron chi connectivity index (χ3n) is 2.28. The van der Waals surface area contributed by atoms with Gasteiger partial charge in [-0.25, -0.2) is 9.59 Å². The molecule has 0 atom stereocenters. The molecule has 2 N–H and O–H groups in total. The number of benzene rings is 2. The van der Waals surface area contributed by atoms with Crippen molar-refractivity contribution in [3.63, 3.8) is 0 Å². The van der Waals surface area contributed by atoms with Gasteiger partial charge in [0.2, 0.25) is 0 Å². The van der Waals surface area contributed by atoms with Crippen molar-refractivity contribution in [3.8, 4) is 0 Å². The van der Waals surface area contributed by atoms with Crippen LogP contribution in [0.15, 0.2) is 36.4 Å². The van der Waals surface area contributed by atoms with Crippen molar-refractivity contribution < 1.29 is 21.2 Å². The van der Waals surface area contributed by atoms with Crippen molar-refractivity contribution in [1.82, 2.24) is 0 Å². The first-order valence-electron chi connectivity index (χ1n) is 5.01. The average Bonchev–Trinajstić information content (AvgIpc) is 2.26. The fraction of sp³-hybridized carbons (Fsp3) is 0. The van der Waals surface area contributed by atoms with E-state index in [9.17, 15) is 9.59 Å². The van der Waals surface area contributed by atoms with Crippen LogP contribution in [0.3, 0.4) is 0 Å². The predicted molar refractivity (Wildman–Crippen MR) is 57.9 cm³/mol. The molecule has 4 heteroatoms. The molecular formula is C12H8O4. The first-order chi connectivity index (χ1) is 8.02. The Balaban J connectivity index is 2.99. The zero-order chi connectivity index (χ0) is 12.6. The molecule has 0 saturated carbocycles. The second-order valence-electron chi connectivity index (χ2n) is 3.24. The summed E-state index contributed by atoms with van der Waals surface area (Å²) in [5.41, 5.74) is -0.809. The minimum Gasteiger partial charge on any atom is -0.478 e. The van der Waals surface area contributed by atoms with Crippen molar-refractivity contribution in [2.75, 3.05) is 0 Å². The quantitative estimate of drug-likeness (QED) is 0.808. The molecule has 2 aromatic rings. The first kappa shape index (κ1) is 8.91. The molecule has 0 aliphatic carbocycles. The van der Waals surface area contributed by atoms with E-state index in [1.54, 1.807) is 18.2 Å². The van der Waals surface area contributed by atoms with Crippen LogP contribution in [0.5, 0.6) is 0 Å². The summed E-state index contributed by atoms with van der Waals surface area (Å²) < 4.78 is 7.57. The molecule has 4 nitrogen and oxygen atoms in total. The van der Waals surface area contributed by atoms with E-state index < -0.39 is 17.5 Å². The van der Waals surface area contributed by atoms with Gasteiger partial charge in [0.1, 0.15) is 0 Å². The number of hydrogen-bond donors (Lipinski definition) is 2. The summed E-state index contributed by atoms with van der Waals surface area (Å²) in [6, 6.07) is 7.56. The first-order valence-corrected chi connectivity index (χ1v) is 4.51. The summed E-state index contributed by atoms with van der Waals surface area (Å²) in [7, 11) is 0. The van der Waals surface area contributed by atoms with Gasteiger partial charge in [-0.1, -0.05) is 30.3 Å². The standard InChI is InChI=1S/C12H8O4/c13-11(14)9-6-5-7-3-1-2-4-8(7)10(9)12(15)16/h1-6H,(H,13,14)(H,15,16)/i6D. The van der Waals surface area contributed by atoms with E-state index in [0.717, 1.165) is 0 Å². The van der Waals surface area contributed by atoms with E-state index in [1.807, 2.05) is 0 Å². The molecule has 0 aromatic heterocycles. The molecule has 0 saturated heterocycles. The predicted octanol–water partition coefficient (Wildman–Crippen LogP) is 2.24. The number of fused-ring (bicyclic) bond motifs is 1. The van der Waals surface area contributed by atoms with Crippen molar-refractivity contribution in [2.45, 2.75) is 0 Å². The number of carboxylic acid groups (broad SMARTS) is 2. The van der Waals surface area contributed by atoms with E-state index in [0.29, 0.717) is 10.8 Å². The van der Waals surface area contributed by atoms with Crippen LogP contribution in [0, 0.1) is 0 Å². The molecule has 0 fully saturated rings. The van der Waals surface area contributed by atoms with Crippen molar-refractivity contribution >= 4 is 22.7 Å². The summed E-state index contributed by atoms with van der Waals surface area (Å²) in [5.74, 6) is -2.74. The molecule has 0 bridgehead atoms. The van der Waals surface area contributed by atoms with Crippen LogP contribution in [0.2, 0.25) is 0 Å². The number of hydrogen-bond acceptors (Lipinski definition) is 2. The highest BCUT2D eigenvalue weighted by Gasteiger charge is 2.18. The summed E-state index contributed by atoms with van der Waals surface area (Å²) in [6.45, 7) is 0. The molecule has 80 valence electrons. The Kier molecular flexibility index (Phi) is 2.04. The molecule has 0 unspecified atom stereocenters. The van der Waals surface area contributed by atoms with Gasteiger partial charge in [0.05, 0.1) is 12.5 Å². The molecule has 0 heterocycles. The largest absolute Gasteiger partial charge is 0.478 e. The van der Waals surface area contributed by atoms with E-state index in [1.165, 1.54) is 12.1 Å². The molecule has 2 rings (SSSR count). The summed E-state index contributed by atoms with van der Waals surface area (Å²) in [6.07, 6.45) is 0. The Morgan fingerprint density at radius 3 is 2.38 bits per heavy atom. The molecule has 0 radical (unpaired) electrons. The SMILES string of the molecule is [2H]c1cc2ccccc2c(C(=O)O)c1C(=O)O. The Bertz CT molecular complexity index is 634. The normalized spacial score (nSPS) is 11.1. The van der Waals surface area contributed by atoms with Crippen molar-refractivity contribution in [3.05, 3.63) is 47.5 Å². The minimum atomic E-state index is -1.40. The van der Waals surface area contributed by atoms with E-state index in [-0.39, 0.29) is 11.6 Å². The molecule has 0 aliphatic rings. The van der Waals surface area contributed by atoms with Crippen LogP contribution in [-0.2, 0) is 0 Å². The zero-order valence-corrected chi connectivity index (χ0v) is 8.10. The van der Waals surface area contributed by atoms with Gasteiger partial charge >= 0.3 is 11.9 Å². The topological polar surface area (TPSA) is 74.6 Å². The van der Waals surface area contributed by atoms with Crippen molar-refractivity contribution in [1.29, 1.82) is 0 Å². The fourth-order valence-electron chi connectivity index (χ4n) is 1.60. The van der Waals surface area contributed by atoms with Gasteiger partial charge in [0.15, 0.2) is 0 Å². The van der Waals surface area contributed by atoms with Crippen LogP contribution in [0.1, 0.15) is 22.1 Å². The minimum absolute atomic E-state index is 0.298. The Hall–Kier alpha value is -2.36. The van der Waals surface area contributed by atoms with Gasteiger partial charge in [-0.2, -0.15) is 0 Å². The maximum Gasteiger partial charge on any atom is 0.337 e. The third kappa shape index (κ3) is 1.50. The van der Waals surface area contributed by atoms with Crippen LogP contribution in [0.25, 0.3) is 10.8 Å². The van der Waals surface area contributed by atoms with Crippen LogP contribution >= 0.6 is 0 Å². The molecular weight excluding hydrogens is 208 g/mol. The Morgan fingerprint density at radius 1 is 1.06 bits per heavy atom. The lowest BCUT2D eigenvalue weighted by Gasteiger charge is -2.05. The smallest absolute Gasteiger partial charge is 0.337 e. The molecule has 0 spiro atoms. The van der Waals surface area contributed by atoms with Gasteiger partial charge in [0.25, 0.3) is 0 Å². The van der Waals surface area contributed by atoms with Crippen LogP contribution in [0.4, 0.5) is 0 Å². The lowest BCUT2D eigenvalue weighted by atomic mass is 9.99. The molecule has 16 heavy (non-hydrogen) atoms. The molecule has 0 amide bonds. The number of rotatable bonds is 2. The van der Waals surface area contributed by atoms with Gasteiger partial charge in [-0.3, -0.25) is 0 Å². The van der Waals surface area contributed by atoms with E-state index >= 15 is 0 Å². The van der Waals surface area contributed by atoms with E-state index in [4.69, 9.17) is 11.6 Å². The summed E-state index contributed by atoms with van der Waals surface area (Å²) in [4.78, 5) is 22.2. The number of carboxylic acids is 2. The highest BCUT2D eigenvalue weighted by atomic mass is 16.4. The summed E-state index contributed by atoms with van der Waals surface area (Å²) in [5, 5.41) is 18.9.